The number of nitrogens with one attached hydrogen (secondary N) is 1. The van der Waals surface area contributed by atoms with Gasteiger partial charge in [-0.25, -0.2) is 14.4 Å². The topological polar surface area (TPSA) is 126 Å². The van der Waals surface area contributed by atoms with Crippen molar-refractivity contribution in [1.82, 2.24) is 5.32 Å². The van der Waals surface area contributed by atoms with E-state index in [9.17, 15) is 4.79 Å². The molecular formula is C21H26ClNO7. The van der Waals surface area contributed by atoms with Gasteiger partial charge >= 0.3 is 17.9 Å². The Kier molecular flexibility index (Phi) is 8.68. The molecule has 30 heavy (non-hydrogen) atoms. The number of carbonyl (C=O) groups excluding carboxylic acids is 1. The van der Waals surface area contributed by atoms with Crippen molar-refractivity contribution in [2.24, 2.45) is 0 Å². The second-order valence-electron chi connectivity index (χ2n) is 6.99. The molecule has 2 aromatic rings. The highest BCUT2D eigenvalue weighted by Gasteiger charge is 2.23. The van der Waals surface area contributed by atoms with E-state index in [2.05, 4.69) is 5.32 Å². The van der Waals surface area contributed by atoms with Gasteiger partial charge in [0, 0.05) is 12.6 Å². The molecule has 164 valence electrons. The lowest BCUT2D eigenvalue weighted by Crippen LogP contribution is -2.30. The van der Waals surface area contributed by atoms with Crippen LogP contribution in [-0.4, -0.2) is 40.8 Å². The van der Waals surface area contributed by atoms with E-state index in [1.54, 1.807) is 13.8 Å². The number of esters is 1. The number of rotatable bonds is 5. The van der Waals surface area contributed by atoms with Crippen LogP contribution >= 0.6 is 11.6 Å². The van der Waals surface area contributed by atoms with E-state index in [0.717, 1.165) is 5.56 Å². The fourth-order valence-electron chi connectivity index (χ4n) is 3.46. The minimum atomic E-state index is -1.82. The third-order valence-corrected chi connectivity index (χ3v) is 5.33. The SMILES string of the molecule is CCOC(=O)c1c(C)oc2ccc(CNC3CCCCC3)c(Cl)c12.O=C(O)C(=O)O. The lowest BCUT2D eigenvalue weighted by atomic mass is 9.95. The van der Waals surface area contributed by atoms with Crippen molar-refractivity contribution in [3.05, 3.63) is 34.0 Å². The summed E-state index contributed by atoms with van der Waals surface area (Å²) in [6, 6.07) is 4.41. The third kappa shape index (κ3) is 5.96. The Balaban J connectivity index is 0.000000469. The van der Waals surface area contributed by atoms with Crippen molar-refractivity contribution in [1.29, 1.82) is 0 Å². The standard InChI is InChI=1S/C19H24ClNO3.C2H2O4/c1-3-23-19(22)16-12(2)24-15-10-9-13(18(20)17(15)16)11-21-14-7-5-4-6-8-14;3-1(4)2(5)6/h9-10,14,21H,3-8,11H2,1-2H3;(H,3,4)(H,5,6). The van der Waals surface area contributed by atoms with Crippen molar-refractivity contribution in [3.63, 3.8) is 0 Å². The van der Waals surface area contributed by atoms with Gasteiger partial charge in [-0.2, -0.15) is 0 Å². The van der Waals surface area contributed by atoms with Gasteiger partial charge in [0.2, 0.25) is 0 Å². The van der Waals surface area contributed by atoms with E-state index in [0.29, 0.717) is 46.5 Å². The van der Waals surface area contributed by atoms with E-state index in [1.165, 1.54) is 32.1 Å². The average molecular weight is 440 g/mol. The van der Waals surface area contributed by atoms with Crippen LogP contribution in [0.2, 0.25) is 5.02 Å². The van der Waals surface area contributed by atoms with Crippen LogP contribution in [0.1, 0.15) is 60.7 Å². The number of carboxylic acid groups (broad SMARTS) is 2. The van der Waals surface area contributed by atoms with Crippen molar-refractivity contribution in [2.45, 2.75) is 58.5 Å². The molecule has 0 bridgehead atoms. The van der Waals surface area contributed by atoms with Gasteiger partial charge in [0.05, 0.1) is 17.0 Å². The highest BCUT2D eigenvalue weighted by molar-refractivity contribution is 6.37. The van der Waals surface area contributed by atoms with Crippen LogP contribution < -0.4 is 5.32 Å². The van der Waals surface area contributed by atoms with Crippen LogP contribution in [0.15, 0.2) is 16.5 Å². The van der Waals surface area contributed by atoms with Crippen LogP contribution in [0.3, 0.4) is 0 Å². The molecule has 1 heterocycles. The summed E-state index contributed by atoms with van der Waals surface area (Å²) < 4.78 is 10.8. The number of furan rings is 1. The Hall–Kier alpha value is -2.58. The predicted molar refractivity (Wildman–Crippen MR) is 111 cm³/mol. The van der Waals surface area contributed by atoms with Crippen molar-refractivity contribution in [2.75, 3.05) is 6.61 Å². The maximum absolute atomic E-state index is 12.3. The number of fused-ring (bicyclic) bond motifs is 1. The molecule has 9 heteroatoms. The number of benzene rings is 1. The third-order valence-electron chi connectivity index (χ3n) is 4.90. The first-order valence-corrected chi connectivity index (χ1v) is 10.2. The summed E-state index contributed by atoms with van der Waals surface area (Å²) in [4.78, 5) is 30.5. The zero-order valence-corrected chi connectivity index (χ0v) is 17.8. The molecule has 0 amide bonds. The van der Waals surface area contributed by atoms with Gasteiger partial charge in [-0.1, -0.05) is 36.9 Å². The molecule has 0 atom stereocenters. The van der Waals surface area contributed by atoms with Crippen LogP contribution in [0.4, 0.5) is 0 Å². The van der Waals surface area contributed by atoms with Gasteiger partial charge in [-0.15, -0.1) is 0 Å². The van der Waals surface area contributed by atoms with Gasteiger partial charge in [-0.3, -0.25) is 0 Å². The molecule has 1 aliphatic rings. The van der Waals surface area contributed by atoms with Gasteiger partial charge in [-0.05, 0) is 38.3 Å². The number of hydrogen-bond donors (Lipinski definition) is 3. The summed E-state index contributed by atoms with van der Waals surface area (Å²) >= 11 is 6.61. The highest BCUT2D eigenvalue weighted by Crippen LogP contribution is 2.34. The lowest BCUT2D eigenvalue weighted by molar-refractivity contribution is -0.159. The number of ether oxygens (including phenoxy) is 1. The molecule has 1 aromatic carbocycles. The molecule has 8 nitrogen and oxygen atoms in total. The highest BCUT2D eigenvalue weighted by atomic mass is 35.5. The van der Waals surface area contributed by atoms with Gasteiger partial charge < -0.3 is 24.7 Å². The van der Waals surface area contributed by atoms with E-state index < -0.39 is 11.9 Å². The molecule has 0 saturated heterocycles. The molecule has 1 fully saturated rings. The number of carbonyl (C=O) groups is 3. The summed E-state index contributed by atoms with van der Waals surface area (Å²) in [5.74, 6) is -3.49. The van der Waals surface area contributed by atoms with Crippen LogP contribution in [0.5, 0.6) is 0 Å². The molecule has 1 aromatic heterocycles. The average Bonchev–Trinajstić information content (AvgIpc) is 3.05. The number of aliphatic carboxylic acids is 2. The van der Waals surface area contributed by atoms with Crippen molar-refractivity contribution >= 4 is 40.5 Å². The Morgan fingerprint density at radius 2 is 1.80 bits per heavy atom. The Morgan fingerprint density at radius 1 is 1.17 bits per heavy atom. The summed E-state index contributed by atoms with van der Waals surface area (Å²) in [6.07, 6.45) is 6.36. The second-order valence-corrected chi connectivity index (χ2v) is 7.37. The fraction of sp³-hybridized carbons (Fsp3) is 0.476. The minimum absolute atomic E-state index is 0.325. The molecule has 1 saturated carbocycles. The molecule has 0 radical (unpaired) electrons. The van der Waals surface area contributed by atoms with Crippen molar-refractivity contribution < 1.29 is 33.8 Å². The number of carboxylic acids is 2. The maximum Gasteiger partial charge on any atom is 0.414 e. The Morgan fingerprint density at radius 3 is 2.37 bits per heavy atom. The first-order valence-electron chi connectivity index (χ1n) is 9.83. The molecule has 0 aliphatic heterocycles. The van der Waals surface area contributed by atoms with E-state index in [1.807, 2.05) is 12.1 Å². The normalized spacial score (nSPS) is 14.1. The quantitative estimate of drug-likeness (QED) is 0.468. The molecule has 3 rings (SSSR count). The second kappa shape index (κ2) is 11.0. The van der Waals surface area contributed by atoms with Gasteiger partial charge in [0.25, 0.3) is 0 Å². The molecule has 0 unspecified atom stereocenters. The number of aryl methyl sites for hydroxylation is 1. The Labute approximate surface area is 179 Å². The largest absolute Gasteiger partial charge is 0.473 e. The monoisotopic (exact) mass is 439 g/mol. The van der Waals surface area contributed by atoms with Gasteiger partial charge in [0.1, 0.15) is 16.9 Å². The molecule has 3 N–H and O–H groups in total. The van der Waals surface area contributed by atoms with E-state index >= 15 is 0 Å². The first kappa shape index (κ1) is 23.7. The number of halogens is 1. The molecule has 1 aliphatic carbocycles. The van der Waals surface area contributed by atoms with Gasteiger partial charge in [0.15, 0.2) is 0 Å². The summed E-state index contributed by atoms with van der Waals surface area (Å²) in [7, 11) is 0. The van der Waals surface area contributed by atoms with E-state index in [-0.39, 0.29) is 5.97 Å². The fourth-order valence-corrected chi connectivity index (χ4v) is 3.78. The van der Waals surface area contributed by atoms with Crippen LogP contribution in [0, 0.1) is 6.92 Å². The number of hydrogen-bond acceptors (Lipinski definition) is 6. The first-order chi connectivity index (χ1) is 14.3. The smallest absolute Gasteiger partial charge is 0.414 e. The van der Waals surface area contributed by atoms with Crippen LogP contribution in [0.25, 0.3) is 11.0 Å². The van der Waals surface area contributed by atoms with E-state index in [4.69, 9.17) is 40.6 Å². The summed E-state index contributed by atoms with van der Waals surface area (Å²) in [6.45, 7) is 4.58. The molecule has 0 spiro atoms. The van der Waals surface area contributed by atoms with Crippen LogP contribution in [-0.2, 0) is 20.9 Å². The van der Waals surface area contributed by atoms with Crippen molar-refractivity contribution in [3.8, 4) is 0 Å². The summed E-state index contributed by atoms with van der Waals surface area (Å²) in [5, 5.41) is 19.6. The summed E-state index contributed by atoms with van der Waals surface area (Å²) in [5.41, 5.74) is 2.06. The lowest BCUT2D eigenvalue weighted by Gasteiger charge is -2.23. The minimum Gasteiger partial charge on any atom is -0.473 e. The zero-order valence-electron chi connectivity index (χ0n) is 17.0. The molecular weight excluding hydrogens is 414 g/mol. The maximum atomic E-state index is 12.3. The Bertz CT molecular complexity index is 904. The predicted octanol–water partition coefficient (Wildman–Crippen LogP) is 4.15. The zero-order chi connectivity index (χ0) is 22.3.